The van der Waals surface area contributed by atoms with Gasteiger partial charge in [-0.1, -0.05) is 65.8 Å². The van der Waals surface area contributed by atoms with Gasteiger partial charge in [0.2, 0.25) is 0 Å². The molecular formula is C36H52F2O3. The normalized spacial score (nSPS) is 11.0. The van der Waals surface area contributed by atoms with Gasteiger partial charge in [0.25, 0.3) is 0 Å². The van der Waals surface area contributed by atoms with Gasteiger partial charge in [-0.15, -0.1) is 0 Å². The highest BCUT2D eigenvalue weighted by Crippen LogP contribution is 2.24. The van der Waals surface area contributed by atoms with Crippen LogP contribution in [0, 0.1) is 11.6 Å². The first-order valence-electron chi connectivity index (χ1n) is 14.8. The van der Waals surface area contributed by atoms with Gasteiger partial charge in [0, 0.05) is 6.07 Å². The SMILES string of the molecule is CC(C)Oc1ccc(C(C)C)c(F)c1.CC(C)Oc1ccc(C(C)C)cc1.CC(C)Oc1ccc(C(C)C)cc1F. The van der Waals surface area contributed by atoms with Crippen LogP contribution < -0.4 is 14.2 Å². The highest BCUT2D eigenvalue weighted by atomic mass is 19.1. The Kier molecular flexibility index (Phi) is 15.5. The molecule has 0 fully saturated rings. The van der Waals surface area contributed by atoms with Gasteiger partial charge in [-0.25, -0.2) is 8.78 Å². The van der Waals surface area contributed by atoms with E-state index in [-0.39, 0.29) is 35.9 Å². The maximum absolute atomic E-state index is 13.5. The summed E-state index contributed by atoms with van der Waals surface area (Å²) >= 11 is 0. The van der Waals surface area contributed by atoms with Crippen LogP contribution in [0.1, 0.15) is 118 Å². The lowest BCUT2D eigenvalue weighted by Gasteiger charge is -2.12. The molecule has 3 aromatic carbocycles. The molecule has 0 spiro atoms. The standard InChI is InChI=1S/2C12H17FO.C12H18O/c1-8(2)11-6-5-10(7-12(11)13)14-9(3)4;1-8(2)10-5-6-12(11(13)7-10)14-9(3)4;1-9(2)11-5-7-12(8-6-11)13-10(3)4/h2*5-9H,1-4H3;5-10H,1-4H3. The van der Waals surface area contributed by atoms with Gasteiger partial charge in [-0.3, -0.25) is 0 Å². The third kappa shape index (κ3) is 13.9. The highest BCUT2D eigenvalue weighted by Gasteiger charge is 2.09. The summed E-state index contributed by atoms with van der Waals surface area (Å²) in [5.74, 6) is 2.59. The lowest BCUT2D eigenvalue weighted by Crippen LogP contribution is -2.07. The second-order valence-corrected chi connectivity index (χ2v) is 11.9. The fraction of sp³-hybridized carbons (Fsp3) is 0.500. The summed E-state index contributed by atoms with van der Waals surface area (Å²) in [7, 11) is 0. The van der Waals surface area contributed by atoms with Crippen molar-refractivity contribution >= 4 is 0 Å². The minimum Gasteiger partial charge on any atom is -0.491 e. The third-order valence-corrected chi connectivity index (χ3v) is 5.87. The van der Waals surface area contributed by atoms with Crippen molar-refractivity contribution < 1.29 is 23.0 Å². The molecule has 3 nitrogen and oxygen atoms in total. The minimum atomic E-state index is -0.273. The first kappa shape index (κ1) is 35.9. The predicted molar refractivity (Wildman–Crippen MR) is 169 cm³/mol. The first-order chi connectivity index (χ1) is 19.1. The van der Waals surface area contributed by atoms with E-state index in [1.165, 1.54) is 11.6 Å². The molecule has 41 heavy (non-hydrogen) atoms. The molecule has 0 N–H and O–H groups in total. The first-order valence-corrected chi connectivity index (χ1v) is 14.8. The van der Waals surface area contributed by atoms with Gasteiger partial charge >= 0.3 is 0 Å². The molecule has 3 rings (SSSR count). The predicted octanol–water partition coefficient (Wildman–Crippen LogP) is 11.1. The Morgan fingerprint density at radius 2 is 0.902 bits per heavy atom. The van der Waals surface area contributed by atoms with Crippen LogP contribution in [0.5, 0.6) is 17.2 Å². The van der Waals surface area contributed by atoms with Gasteiger partial charge in [0.05, 0.1) is 18.3 Å². The molecule has 0 unspecified atom stereocenters. The summed E-state index contributed by atoms with van der Waals surface area (Å²) in [4.78, 5) is 0. The second-order valence-electron chi connectivity index (χ2n) is 11.9. The van der Waals surface area contributed by atoms with Crippen molar-refractivity contribution in [2.24, 2.45) is 0 Å². The fourth-order valence-electron chi connectivity index (χ4n) is 3.75. The lowest BCUT2D eigenvalue weighted by molar-refractivity contribution is 0.231. The van der Waals surface area contributed by atoms with Gasteiger partial charge in [0.15, 0.2) is 11.6 Å². The molecule has 0 radical (unpaired) electrons. The molecule has 0 saturated heterocycles. The molecule has 228 valence electrons. The Hall–Kier alpha value is -3.08. The van der Waals surface area contributed by atoms with Crippen molar-refractivity contribution in [1.82, 2.24) is 0 Å². The van der Waals surface area contributed by atoms with Gasteiger partial charge in [-0.2, -0.15) is 0 Å². The van der Waals surface area contributed by atoms with E-state index in [0.717, 1.165) is 16.9 Å². The topological polar surface area (TPSA) is 27.7 Å². The third-order valence-electron chi connectivity index (χ3n) is 5.87. The number of hydrogen-bond donors (Lipinski definition) is 0. The van der Waals surface area contributed by atoms with Gasteiger partial charge in [0.1, 0.15) is 17.3 Å². The van der Waals surface area contributed by atoms with Crippen molar-refractivity contribution in [3.63, 3.8) is 0 Å². The van der Waals surface area contributed by atoms with Crippen molar-refractivity contribution in [1.29, 1.82) is 0 Å². The number of ether oxygens (including phenoxy) is 3. The average molecular weight is 571 g/mol. The molecule has 0 heterocycles. The van der Waals surface area contributed by atoms with Crippen molar-refractivity contribution in [2.45, 2.75) is 119 Å². The molecule has 0 aliphatic heterocycles. The van der Waals surface area contributed by atoms with Crippen LogP contribution >= 0.6 is 0 Å². The molecule has 0 aromatic heterocycles. The second kappa shape index (κ2) is 17.7. The summed E-state index contributed by atoms with van der Waals surface area (Å²) < 4.78 is 43.2. The summed E-state index contributed by atoms with van der Waals surface area (Å²) in [5.41, 5.74) is 3.09. The summed E-state index contributed by atoms with van der Waals surface area (Å²) in [6, 6.07) is 18.5. The molecule has 0 saturated carbocycles. The molecule has 5 heteroatoms. The molecule has 0 amide bonds. The zero-order valence-electron chi connectivity index (χ0n) is 27.2. The smallest absolute Gasteiger partial charge is 0.165 e. The Bertz CT molecular complexity index is 1150. The minimum absolute atomic E-state index is 0.00870. The quantitative estimate of drug-likeness (QED) is 0.256. The van der Waals surface area contributed by atoms with E-state index in [1.807, 2.05) is 93.5 Å². The maximum atomic E-state index is 13.5. The molecule has 0 aliphatic carbocycles. The van der Waals surface area contributed by atoms with E-state index >= 15 is 0 Å². The van der Waals surface area contributed by atoms with Crippen LogP contribution in [-0.4, -0.2) is 18.3 Å². The molecule has 0 atom stereocenters. The van der Waals surface area contributed by atoms with Crippen LogP contribution in [0.3, 0.4) is 0 Å². The largest absolute Gasteiger partial charge is 0.491 e. The lowest BCUT2D eigenvalue weighted by atomic mass is 10.0. The van der Waals surface area contributed by atoms with Crippen molar-refractivity contribution in [3.05, 3.63) is 89.0 Å². The Labute approximate surface area is 248 Å². The zero-order valence-corrected chi connectivity index (χ0v) is 27.2. The van der Waals surface area contributed by atoms with E-state index in [4.69, 9.17) is 14.2 Å². The maximum Gasteiger partial charge on any atom is 0.165 e. The van der Waals surface area contributed by atoms with Crippen molar-refractivity contribution in [2.75, 3.05) is 0 Å². The summed E-state index contributed by atoms with van der Waals surface area (Å²) in [5, 5.41) is 0. The van der Waals surface area contributed by atoms with Crippen LogP contribution in [0.2, 0.25) is 0 Å². The summed E-state index contributed by atoms with van der Waals surface area (Å²) in [6.45, 7) is 24.1. The van der Waals surface area contributed by atoms with E-state index in [9.17, 15) is 8.78 Å². The number of halogens is 2. The van der Waals surface area contributed by atoms with E-state index in [0.29, 0.717) is 23.3 Å². The van der Waals surface area contributed by atoms with Gasteiger partial charge in [-0.05, 0) is 106 Å². The van der Waals surface area contributed by atoms with E-state index in [1.54, 1.807) is 18.2 Å². The molecule has 0 aliphatic rings. The van der Waals surface area contributed by atoms with E-state index in [2.05, 4.69) is 26.0 Å². The monoisotopic (exact) mass is 570 g/mol. The van der Waals surface area contributed by atoms with Crippen LogP contribution in [0.4, 0.5) is 8.78 Å². The van der Waals surface area contributed by atoms with E-state index < -0.39 is 0 Å². The average Bonchev–Trinajstić information content (AvgIpc) is 2.85. The van der Waals surface area contributed by atoms with Crippen molar-refractivity contribution in [3.8, 4) is 17.2 Å². The number of rotatable bonds is 9. The van der Waals surface area contributed by atoms with Gasteiger partial charge < -0.3 is 14.2 Å². The molecular weight excluding hydrogens is 518 g/mol. The van der Waals surface area contributed by atoms with Crippen LogP contribution in [-0.2, 0) is 0 Å². The molecule has 0 bridgehead atoms. The Morgan fingerprint density at radius 3 is 1.32 bits per heavy atom. The van der Waals surface area contributed by atoms with Crippen LogP contribution in [0.25, 0.3) is 0 Å². The fourth-order valence-corrected chi connectivity index (χ4v) is 3.75. The Morgan fingerprint density at radius 1 is 0.439 bits per heavy atom. The number of hydrogen-bond acceptors (Lipinski definition) is 3. The van der Waals surface area contributed by atoms with Crippen LogP contribution in [0.15, 0.2) is 60.7 Å². The highest BCUT2D eigenvalue weighted by molar-refractivity contribution is 5.32. The zero-order chi connectivity index (χ0) is 31.3. The summed E-state index contributed by atoms with van der Waals surface area (Å²) in [6.07, 6.45) is 0.346. The Balaban J connectivity index is 0.000000308. The number of benzene rings is 3. The molecule has 3 aromatic rings.